The predicted octanol–water partition coefficient (Wildman–Crippen LogP) is 3.09. The van der Waals surface area contributed by atoms with Crippen molar-refractivity contribution in [1.82, 2.24) is 0 Å². The molecule has 0 aliphatic rings. The fourth-order valence-corrected chi connectivity index (χ4v) is 0.956. The molecule has 0 fully saturated rings. The first kappa shape index (κ1) is 11.5. The summed E-state index contributed by atoms with van der Waals surface area (Å²) in [7, 11) is 0. The standard InChI is InChI=1S/C10H19BO/c1-7-8-9(2)11(6)12-10(3,4)5/h7-8H,2H2,1,3-6H3. The lowest BCUT2D eigenvalue weighted by Gasteiger charge is -2.24. The minimum atomic E-state index is -0.0933. The van der Waals surface area contributed by atoms with Crippen molar-refractivity contribution in [3.05, 3.63) is 24.2 Å². The van der Waals surface area contributed by atoms with E-state index in [0.717, 1.165) is 5.47 Å². The van der Waals surface area contributed by atoms with Crippen LogP contribution in [0.2, 0.25) is 6.82 Å². The Kier molecular flexibility index (Phi) is 4.32. The monoisotopic (exact) mass is 166 g/mol. The van der Waals surface area contributed by atoms with Crippen LogP contribution in [0.25, 0.3) is 0 Å². The van der Waals surface area contributed by atoms with Gasteiger partial charge in [-0.3, -0.25) is 0 Å². The van der Waals surface area contributed by atoms with Gasteiger partial charge in [-0.2, -0.15) is 0 Å². The second-order valence-corrected chi connectivity index (χ2v) is 3.95. The Hall–Kier alpha value is -0.495. The molecule has 0 aliphatic heterocycles. The predicted molar refractivity (Wildman–Crippen MR) is 56.4 cm³/mol. The van der Waals surface area contributed by atoms with E-state index < -0.39 is 0 Å². The van der Waals surface area contributed by atoms with Crippen LogP contribution in [0.3, 0.4) is 0 Å². The molecule has 1 nitrogen and oxygen atoms in total. The van der Waals surface area contributed by atoms with E-state index in [1.165, 1.54) is 0 Å². The van der Waals surface area contributed by atoms with Crippen LogP contribution in [-0.2, 0) is 4.65 Å². The van der Waals surface area contributed by atoms with Crippen molar-refractivity contribution in [1.29, 1.82) is 0 Å². The van der Waals surface area contributed by atoms with E-state index in [0.29, 0.717) is 0 Å². The molecule has 0 N–H and O–H groups in total. The number of allylic oxidation sites excluding steroid dienone is 3. The van der Waals surface area contributed by atoms with Gasteiger partial charge in [0.2, 0.25) is 0 Å². The van der Waals surface area contributed by atoms with Crippen LogP contribution in [0.1, 0.15) is 27.7 Å². The molecule has 0 atom stereocenters. The summed E-state index contributed by atoms with van der Waals surface area (Å²) in [6.45, 7) is 14.2. The first-order valence-corrected chi connectivity index (χ1v) is 4.36. The maximum Gasteiger partial charge on any atom is 0.323 e. The molecule has 0 aromatic heterocycles. The van der Waals surface area contributed by atoms with Crippen molar-refractivity contribution in [2.24, 2.45) is 0 Å². The van der Waals surface area contributed by atoms with Crippen LogP contribution in [0, 0.1) is 0 Å². The highest BCUT2D eigenvalue weighted by atomic mass is 16.5. The zero-order chi connectivity index (χ0) is 9.78. The Bertz CT molecular complexity index is 177. The Balaban J connectivity index is 4.04. The van der Waals surface area contributed by atoms with Gasteiger partial charge in [-0.25, -0.2) is 0 Å². The lowest BCUT2D eigenvalue weighted by molar-refractivity contribution is 0.133. The molecule has 0 aromatic carbocycles. The van der Waals surface area contributed by atoms with Crippen LogP contribution < -0.4 is 0 Å². The van der Waals surface area contributed by atoms with Crippen molar-refractivity contribution in [3.63, 3.8) is 0 Å². The van der Waals surface area contributed by atoms with Crippen LogP contribution in [0.4, 0.5) is 0 Å². The maximum absolute atomic E-state index is 5.70. The van der Waals surface area contributed by atoms with Gasteiger partial charge >= 0.3 is 6.92 Å². The minimum absolute atomic E-state index is 0.0933. The minimum Gasteiger partial charge on any atom is -0.427 e. The van der Waals surface area contributed by atoms with E-state index in [9.17, 15) is 0 Å². The molecule has 0 rings (SSSR count). The zero-order valence-corrected chi connectivity index (χ0v) is 8.85. The summed E-state index contributed by atoms with van der Waals surface area (Å²) in [5.41, 5.74) is 0.927. The van der Waals surface area contributed by atoms with Crippen molar-refractivity contribution in [3.8, 4) is 0 Å². The average molecular weight is 166 g/mol. The highest BCUT2D eigenvalue weighted by Crippen LogP contribution is 2.13. The largest absolute Gasteiger partial charge is 0.427 e. The van der Waals surface area contributed by atoms with Gasteiger partial charge in [-0.05, 0) is 27.7 Å². The van der Waals surface area contributed by atoms with E-state index in [4.69, 9.17) is 4.65 Å². The smallest absolute Gasteiger partial charge is 0.323 e. The third-order valence-electron chi connectivity index (χ3n) is 1.43. The van der Waals surface area contributed by atoms with Gasteiger partial charge in [-0.1, -0.05) is 24.4 Å². The molecule has 68 valence electrons. The molecule has 12 heavy (non-hydrogen) atoms. The lowest BCUT2D eigenvalue weighted by atomic mass is 9.63. The number of rotatable bonds is 3. The molecule has 0 aliphatic carbocycles. The van der Waals surface area contributed by atoms with Crippen molar-refractivity contribution in [2.45, 2.75) is 40.1 Å². The molecule has 0 unspecified atom stereocenters. The molecule has 2 heteroatoms. The summed E-state index contributed by atoms with van der Waals surface area (Å²) in [6.07, 6.45) is 3.96. The molecule has 0 saturated carbocycles. The molecular formula is C10H19BO. The van der Waals surface area contributed by atoms with Crippen LogP contribution in [-0.4, -0.2) is 12.5 Å². The fourth-order valence-electron chi connectivity index (χ4n) is 0.956. The van der Waals surface area contributed by atoms with E-state index >= 15 is 0 Å². The Morgan fingerprint density at radius 3 is 2.25 bits per heavy atom. The van der Waals surface area contributed by atoms with Crippen molar-refractivity contribution < 1.29 is 4.65 Å². The van der Waals surface area contributed by atoms with Crippen molar-refractivity contribution in [2.75, 3.05) is 0 Å². The normalized spacial score (nSPS) is 12.1. The van der Waals surface area contributed by atoms with Gasteiger partial charge in [0.05, 0.1) is 0 Å². The summed E-state index contributed by atoms with van der Waals surface area (Å²) in [4.78, 5) is 0. The van der Waals surface area contributed by atoms with Crippen molar-refractivity contribution >= 4 is 6.92 Å². The number of hydrogen-bond donors (Lipinski definition) is 0. The first-order chi connectivity index (χ1) is 5.37. The number of hydrogen-bond acceptors (Lipinski definition) is 1. The van der Waals surface area contributed by atoms with Gasteiger partial charge in [0, 0.05) is 5.60 Å². The third kappa shape index (κ3) is 5.19. The highest BCUT2D eigenvalue weighted by Gasteiger charge is 2.19. The summed E-state index contributed by atoms with van der Waals surface area (Å²) < 4.78 is 5.70. The second kappa shape index (κ2) is 4.51. The van der Waals surface area contributed by atoms with Crippen LogP contribution >= 0.6 is 0 Å². The van der Waals surface area contributed by atoms with E-state index in [-0.39, 0.29) is 12.5 Å². The molecule has 0 spiro atoms. The Labute approximate surface area is 76.6 Å². The van der Waals surface area contributed by atoms with Gasteiger partial charge in [-0.15, -0.1) is 6.58 Å². The molecule has 0 amide bonds. The van der Waals surface area contributed by atoms with E-state index in [2.05, 4.69) is 6.58 Å². The second-order valence-electron chi connectivity index (χ2n) is 3.95. The fraction of sp³-hybridized carbons (Fsp3) is 0.600. The molecule has 0 radical (unpaired) electrons. The summed E-state index contributed by atoms with van der Waals surface area (Å²) in [5, 5.41) is 0. The highest BCUT2D eigenvalue weighted by molar-refractivity contribution is 6.59. The van der Waals surface area contributed by atoms with E-state index in [1.54, 1.807) is 0 Å². The van der Waals surface area contributed by atoms with E-state index in [1.807, 2.05) is 46.7 Å². The molecule has 0 heterocycles. The maximum atomic E-state index is 5.70. The van der Waals surface area contributed by atoms with Crippen LogP contribution in [0.5, 0.6) is 0 Å². The van der Waals surface area contributed by atoms with Gasteiger partial charge in [0.1, 0.15) is 0 Å². The Morgan fingerprint density at radius 2 is 1.92 bits per heavy atom. The summed E-state index contributed by atoms with van der Waals surface area (Å²) >= 11 is 0. The molecule has 0 saturated heterocycles. The summed E-state index contributed by atoms with van der Waals surface area (Å²) in [5.74, 6) is 0. The van der Waals surface area contributed by atoms with Gasteiger partial charge in [0.15, 0.2) is 0 Å². The van der Waals surface area contributed by atoms with Gasteiger partial charge in [0.25, 0.3) is 0 Å². The molecule has 0 aromatic rings. The molecule has 0 bridgehead atoms. The van der Waals surface area contributed by atoms with Crippen LogP contribution in [0.15, 0.2) is 24.2 Å². The zero-order valence-electron chi connectivity index (χ0n) is 8.85. The summed E-state index contributed by atoms with van der Waals surface area (Å²) in [6, 6.07) is 0. The molecular weight excluding hydrogens is 147 g/mol. The quantitative estimate of drug-likeness (QED) is 0.462. The third-order valence-corrected chi connectivity index (χ3v) is 1.43. The first-order valence-electron chi connectivity index (χ1n) is 4.36. The van der Waals surface area contributed by atoms with Gasteiger partial charge < -0.3 is 4.65 Å². The average Bonchev–Trinajstić information content (AvgIpc) is 1.84. The SMILES string of the molecule is C=C(C=CC)B(C)OC(C)(C)C. The Morgan fingerprint density at radius 1 is 1.42 bits per heavy atom. The topological polar surface area (TPSA) is 9.23 Å². The lowest BCUT2D eigenvalue weighted by Crippen LogP contribution is -2.29.